The number of halogens is 1. The van der Waals surface area contributed by atoms with Crippen LogP contribution in [0.5, 0.6) is 0 Å². The second-order valence-electron chi connectivity index (χ2n) is 3.99. The number of hydrogen-bond acceptors (Lipinski definition) is 4. The van der Waals surface area contributed by atoms with E-state index in [1.165, 1.54) is 0 Å². The lowest BCUT2D eigenvalue weighted by Crippen LogP contribution is -2.41. The molecule has 0 N–H and O–H groups in total. The minimum atomic E-state index is -0.148. The van der Waals surface area contributed by atoms with Crippen molar-refractivity contribution >= 4 is 17.5 Å². The van der Waals surface area contributed by atoms with Gasteiger partial charge in [-0.25, -0.2) is 0 Å². The van der Waals surface area contributed by atoms with Gasteiger partial charge < -0.3 is 9.64 Å². The maximum absolute atomic E-state index is 12.3. The molecule has 1 heterocycles. The van der Waals surface area contributed by atoms with Gasteiger partial charge in [-0.2, -0.15) is 0 Å². The summed E-state index contributed by atoms with van der Waals surface area (Å²) in [6.45, 7) is 5.06. The monoisotopic (exact) mass is 271 g/mol. The SMILES string of the molecule is CCC(C)N(CCOC)C(=O)c1ccc(Cl)nn1. The van der Waals surface area contributed by atoms with Gasteiger partial charge in [-0.15, -0.1) is 10.2 Å². The molecule has 0 saturated heterocycles. The Hall–Kier alpha value is -1.20. The molecule has 0 radical (unpaired) electrons. The van der Waals surface area contributed by atoms with Gasteiger partial charge in [-0.1, -0.05) is 18.5 Å². The van der Waals surface area contributed by atoms with Gasteiger partial charge in [0.1, 0.15) is 0 Å². The number of hydrogen-bond donors (Lipinski definition) is 0. The second kappa shape index (κ2) is 7.28. The minimum absolute atomic E-state index is 0.130. The summed E-state index contributed by atoms with van der Waals surface area (Å²) in [6, 6.07) is 3.28. The number of carbonyl (C=O) groups is 1. The number of rotatable bonds is 6. The van der Waals surface area contributed by atoms with Gasteiger partial charge in [0.2, 0.25) is 0 Å². The third-order valence-corrected chi connectivity index (χ3v) is 2.97. The normalized spacial score (nSPS) is 12.2. The fraction of sp³-hybridized carbons (Fsp3) is 0.583. The van der Waals surface area contributed by atoms with E-state index in [2.05, 4.69) is 10.2 Å². The van der Waals surface area contributed by atoms with E-state index in [9.17, 15) is 4.79 Å². The summed E-state index contributed by atoms with van der Waals surface area (Å²) < 4.78 is 5.02. The molecular formula is C12H18ClN3O2. The van der Waals surface area contributed by atoms with Crippen LogP contribution in [0.15, 0.2) is 12.1 Å². The first kappa shape index (κ1) is 14.9. The van der Waals surface area contributed by atoms with Crippen LogP contribution in [0.2, 0.25) is 5.15 Å². The molecule has 0 fully saturated rings. The first-order valence-electron chi connectivity index (χ1n) is 5.89. The van der Waals surface area contributed by atoms with Gasteiger partial charge in [-0.05, 0) is 25.5 Å². The lowest BCUT2D eigenvalue weighted by molar-refractivity contribution is 0.0607. The largest absolute Gasteiger partial charge is 0.383 e. The van der Waals surface area contributed by atoms with Gasteiger partial charge in [-0.3, -0.25) is 4.79 Å². The molecular weight excluding hydrogens is 254 g/mol. The van der Waals surface area contributed by atoms with E-state index in [-0.39, 0.29) is 17.1 Å². The van der Waals surface area contributed by atoms with Crippen LogP contribution in [0.25, 0.3) is 0 Å². The second-order valence-corrected chi connectivity index (χ2v) is 4.38. The van der Waals surface area contributed by atoms with Crippen molar-refractivity contribution in [3.8, 4) is 0 Å². The lowest BCUT2D eigenvalue weighted by Gasteiger charge is -2.27. The Balaban J connectivity index is 2.83. The van der Waals surface area contributed by atoms with Gasteiger partial charge in [0.05, 0.1) is 6.61 Å². The van der Waals surface area contributed by atoms with E-state index >= 15 is 0 Å². The Labute approximate surface area is 112 Å². The van der Waals surface area contributed by atoms with Crippen LogP contribution < -0.4 is 0 Å². The molecule has 0 aliphatic heterocycles. The van der Waals surface area contributed by atoms with Crippen molar-refractivity contribution in [3.05, 3.63) is 23.0 Å². The summed E-state index contributed by atoms with van der Waals surface area (Å²) in [5, 5.41) is 7.77. The molecule has 18 heavy (non-hydrogen) atoms. The van der Waals surface area contributed by atoms with Crippen molar-refractivity contribution in [2.24, 2.45) is 0 Å². The average molecular weight is 272 g/mol. The van der Waals surface area contributed by atoms with Crippen molar-refractivity contribution in [2.45, 2.75) is 26.3 Å². The van der Waals surface area contributed by atoms with Crippen molar-refractivity contribution in [2.75, 3.05) is 20.3 Å². The Morgan fingerprint density at radius 2 is 2.22 bits per heavy atom. The third-order valence-electron chi connectivity index (χ3n) is 2.77. The highest BCUT2D eigenvalue weighted by atomic mass is 35.5. The highest BCUT2D eigenvalue weighted by molar-refractivity contribution is 6.29. The molecule has 0 saturated carbocycles. The van der Waals surface area contributed by atoms with E-state index in [0.717, 1.165) is 6.42 Å². The van der Waals surface area contributed by atoms with E-state index < -0.39 is 0 Å². The Bertz CT molecular complexity index is 383. The lowest BCUT2D eigenvalue weighted by atomic mass is 10.2. The third kappa shape index (κ3) is 3.92. The summed E-state index contributed by atoms with van der Waals surface area (Å²) in [5.41, 5.74) is 0.302. The van der Waals surface area contributed by atoms with Crippen molar-refractivity contribution < 1.29 is 9.53 Å². The number of carbonyl (C=O) groups excluding carboxylic acids is 1. The highest BCUT2D eigenvalue weighted by Crippen LogP contribution is 2.10. The van der Waals surface area contributed by atoms with Gasteiger partial charge >= 0.3 is 0 Å². The molecule has 100 valence electrons. The van der Waals surface area contributed by atoms with Gasteiger partial charge in [0.15, 0.2) is 10.8 Å². The standard InChI is InChI=1S/C12H18ClN3O2/c1-4-9(2)16(7-8-18-3)12(17)10-5-6-11(13)15-14-10/h5-6,9H,4,7-8H2,1-3H3. The summed E-state index contributed by atoms with van der Waals surface area (Å²) in [7, 11) is 1.61. The molecule has 5 nitrogen and oxygen atoms in total. The molecule has 1 atom stereocenters. The van der Waals surface area contributed by atoms with Crippen LogP contribution in [-0.4, -0.2) is 47.3 Å². The first-order valence-corrected chi connectivity index (χ1v) is 6.27. The summed E-state index contributed by atoms with van der Waals surface area (Å²) in [6.07, 6.45) is 0.872. The van der Waals surface area contributed by atoms with E-state index in [0.29, 0.717) is 18.8 Å². The predicted octanol–water partition coefficient (Wildman–Crippen LogP) is 2.02. The van der Waals surface area contributed by atoms with Crippen LogP contribution >= 0.6 is 11.6 Å². The number of nitrogens with zero attached hydrogens (tertiary/aromatic N) is 3. The number of amides is 1. The molecule has 1 aromatic rings. The molecule has 6 heteroatoms. The highest BCUT2D eigenvalue weighted by Gasteiger charge is 2.21. The predicted molar refractivity (Wildman–Crippen MR) is 69.7 cm³/mol. The molecule has 0 aromatic carbocycles. The Morgan fingerprint density at radius 3 is 2.72 bits per heavy atom. The maximum atomic E-state index is 12.3. The molecule has 0 spiro atoms. The van der Waals surface area contributed by atoms with Gasteiger partial charge in [0.25, 0.3) is 5.91 Å². The molecule has 0 aliphatic carbocycles. The topological polar surface area (TPSA) is 55.3 Å². The first-order chi connectivity index (χ1) is 8.60. The molecule has 1 unspecified atom stereocenters. The Morgan fingerprint density at radius 1 is 1.50 bits per heavy atom. The van der Waals surface area contributed by atoms with Crippen LogP contribution in [0.3, 0.4) is 0 Å². The van der Waals surface area contributed by atoms with Crippen molar-refractivity contribution in [1.29, 1.82) is 0 Å². The molecule has 0 bridgehead atoms. The van der Waals surface area contributed by atoms with E-state index in [1.807, 2.05) is 13.8 Å². The molecule has 1 aromatic heterocycles. The van der Waals surface area contributed by atoms with Crippen LogP contribution in [-0.2, 0) is 4.74 Å². The van der Waals surface area contributed by atoms with Crippen molar-refractivity contribution in [1.82, 2.24) is 15.1 Å². The quantitative estimate of drug-likeness (QED) is 0.794. The maximum Gasteiger partial charge on any atom is 0.274 e. The number of methoxy groups -OCH3 is 1. The average Bonchev–Trinajstić information content (AvgIpc) is 2.39. The fourth-order valence-electron chi connectivity index (χ4n) is 1.51. The zero-order chi connectivity index (χ0) is 13.5. The van der Waals surface area contributed by atoms with Crippen LogP contribution in [0.1, 0.15) is 30.8 Å². The Kier molecular flexibility index (Phi) is 6.01. The van der Waals surface area contributed by atoms with Crippen LogP contribution in [0, 0.1) is 0 Å². The van der Waals surface area contributed by atoms with E-state index in [4.69, 9.17) is 16.3 Å². The zero-order valence-corrected chi connectivity index (χ0v) is 11.6. The summed E-state index contributed by atoms with van der Waals surface area (Å²) >= 11 is 5.65. The zero-order valence-electron chi connectivity index (χ0n) is 10.9. The fourth-order valence-corrected chi connectivity index (χ4v) is 1.61. The van der Waals surface area contributed by atoms with E-state index in [1.54, 1.807) is 24.1 Å². The summed E-state index contributed by atoms with van der Waals surface area (Å²) in [4.78, 5) is 14.0. The summed E-state index contributed by atoms with van der Waals surface area (Å²) in [5.74, 6) is -0.148. The smallest absolute Gasteiger partial charge is 0.274 e. The number of aromatic nitrogens is 2. The molecule has 0 aliphatic rings. The molecule has 1 amide bonds. The minimum Gasteiger partial charge on any atom is -0.383 e. The number of ether oxygens (including phenoxy) is 1. The van der Waals surface area contributed by atoms with Crippen molar-refractivity contribution in [3.63, 3.8) is 0 Å². The van der Waals surface area contributed by atoms with Gasteiger partial charge in [0, 0.05) is 19.7 Å². The van der Waals surface area contributed by atoms with Crippen LogP contribution in [0.4, 0.5) is 0 Å². The molecule has 1 rings (SSSR count).